The van der Waals surface area contributed by atoms with Gasteiger partial charge in [-0.1, -0.05) is 12.1 Å². The second-order valence-corrected chi connectivity index (χ2v) is 3.34. The number of benzene rings is 1. The van der Waals surface area contributed by atoms with Gasteiger partial charge in [0.1, 0.15) is 5.52 Å². The lowest BCUT2D eigenvalue weighted by atomic mass is 10.2. The van der Waals surface area contributed by atoms with Gasteiger partial charge in [0.2, 0.25) is 5.78 Å². The summed E-state index contributed by atoms with van der Waals surface area (Å²) in [6.07, 6.45) is -2.66. The van der Waals surface area contributed by atoms with E-state index in [1.807, 2.05) is 0 Å². The predicted molar refractivity (Wildman–Crippen MR) is 54.0 cm³/mol. The number of nitrogens with zero attached hydrogens (tertiary/aromatic N) is 1. The highest BCUT2D eigenvalue weighted by atomic mass is 35.5. The van der Waals surface area contributed by atoms with E-state index < -0.39 is 12.2 Å². The van der Waals surface area contributed by atoms with E-state index in [9.17, 15) is 13.6 Å². The van der Waals surface area contributed by atoms with Crippen molar-refractivity contribution >= 4 is 28.5 Å². The number of hydrogen-bond acceptors (Lipinski definition) is 3. The number of alkyl halides is 3. The highest BCUT2D eigenvalue weighted by molar-refractivity contribution is 6.29. The maximum Gasteiger partial charge on any atom is 0.266 e. The molecule has 0 aliphatic carbocycles. The Balaban J connectivity index is 2.61. The Morgan fingerprint density at radius 3 is 2.88 bits per heavy atom. The summed E-state index contributed by atoms with van der Waals surface area (Å²) in [5, 5.41) is 0. The van der Waals surface area contributed by atoms with Gasteiger partial charge in [0.15, 0.2) is 5.58 Å². The monoisotopic (exact) mass is 245 g/mol. The van der Waals surface area contributed by atoms with Crippen LogP contribution in [0.3, 0.4) is 0 Å². The summed E-state index contributed by atoms with van der Waals surface area (Å²) in [5.74, 6) is -1.06. The number of halogens is 3. The number of rotatable bonds is 3. The lowest BCUT2D eigenvalue weighted by Gasteiger charge is -1.97. The molecule has 0 radical (unpaired) electrons. The first-order valence-electron chi connectivity index (χ1n) is 4.40. The van der Waals surface area contributed by atoms with Crippen molar-refractivity contribution in [3.8, 4) is 0 Å². The van der Waals surface area contributed by atoms with Crippen LogP contribution in [-0.4, -0.2) is 16.6 Å². The van der Waals surface area contributed by atoms with E-state index in [-0.39, 0.29) is 28.4 Å². The normalized spacial score (nSPS) is 11.2. The van der Waals surface area contributed by atoms with Gasteiger partial charge in [0.25, 0.3) is 12.3 Å². The fourth-order valence-electron chi connectivity index (χ4n) is 1.32. The van der Waals surface area contributed by atoms with Gasteiger partial charge in [-0.15, -0.1) is 11.6 Å². The molecule has 0 N–H and O–H groups in total. The van der Waals surface area contributed by atoms with Crippen LogP contribution in [-0.2, 0) is 0 Å². The van der Waals surface area contributed by atoms with E-state index in [0.29, 0.717) is 0 Å². The minimum Gasteiger partial charge on any atom is -0.434 e. The summed E-state index contributed by atoms with van der Waals surface area (Å²) in [4.78, 5) is 14.9. The molecule has 0 atom stereocenters. The third kappa shape index (κ3) is 1.78. The standard InChI is InChI=1S/C10H6ClF2NO2/c11-4-6(15)10-14-8-5(9(12)13)2-1-3-7(8)16-10/h1-3,9H,4H2. The summed E-state index contributed by atoms with van der Waals surface area (Å²) >= 11 is 5.32. The SMILES string of the molecule is O=C(CCl)c1nc2c(C(F)F)cccc2o1. The van der Waals surface area contributed by atoms with E-state index >= 15 is 0 Å². The molecule has 0 spiro atoms. The lowest BCUT2D eigenvalue weighted by Crippen LogP contribution is -1.99. The average molecular weight is 246 g/mol. The molecular formula is C10H6ClF2NO2. The van der Waals surface area contributed by atoms with Gasteiger partial charge in [-0.25, -0.2) is 13.8 Å². The first kappa shape index (κ1) is 11.0. The number of carbonyl (C=O) groups excluding carboxylic acids is 1. The Bertz CT molecular complexity index is 539. The van der Waals surface area contributed by atoms with Crippen molar-refractivity contribution in [1.82, 2.24) is 4.98 Å². The third-order valence-corrected chi connectivity index (χ3v) is 2.29. The molecule has 1 aromatic heterocycles. The van der Waals surface area contributed by atoms with E-state index in [2.05, 4.69) is 4.98 Å². The summed E-state index contributed by atoms with van der Waals surface area (Å²) in [5.41, 5.74) is -0.0906. The molecule has 84 valence electrons. The molecule has 3 nitrogen and oxygen atoms in total. The first-order chi connectivity index (χ1) is 7.63. The molecule has 0 aliphatic rings. The maximum atomic E-state index is 12.6. The van der Waals surface area contributed by atoms with Gasteiger partial charge < -0.3 is 4.42 Å². The van der Waals surface area contributed by atoms with E-state index in [4.69, 9.17) is 16.0 Å². The summed E-state index contributed by atoms with van der Waals surface area (Å²) in [6.45, 7) is 0. The summed E-state index contributed by atoms with van der Waals surface area (Å²) < 4.78 is 30.2. The first-order valence-corrected chi connectivity index (χ1v) is 4.93. The molecule has 2 rings (SSSR count). The Morgan fingerprint density at radius 2 is 2.25 bits per heavy atom. The van der Waals surface area contributed by atoms with Crippen molar-refractivity contribution in [1.29, 1.82) is 0 Å². The number of para-hydroxylation sites is 1. The molecule has 6 heteroatoms. The van der Waals surface area contributed by atoms with Crippen molar-refractivity contribution in [2.45, 2.75) is 6.43 Å². The molecule has 2 aromatic rings. The second-order valence-electron chi connectivity index (χ2n) is 3.07. The van der Waals surface area contributed by atoms with Crippen LogP contribution in [0.1, 0.15) is 22.7 Å². The second kappa shape index (κ2) is 4.17. The summed E-state index contributed by atoms with van der Waals surface area (Å²) in [6, 6.07) is 4.13. The molecule has 0 saturated carbocycles. The van der Waals surface area contributed by atoms with Crippen LogP contribution in [0, 0.1) is 0 Å². The highest BCUT2D eigenvalue weighted by Crippen LogP contribution is 2.27. The van der Waals surface area contributed by atoms with E-state index in [0.717, 1.165) is 0 Å². The van der Waals surface area contributed by atoms with Crippen molar-refractivity contribution in [3.63, 3.8) is 0 Å². The fourth-order valence-corrected chi connectivity index (χ4v) is 1.44. The molecule has 0 unspecified atom stereocenters. The molecular weight excluding hydrogens is 240 g/mol. The smallest absolute Gasteiger partial charge is 0.266 e. The van der Waals surface area contributed by atoms with Gasteiger partial charge >= 0.3 is 0 Å². The van der Waals surface area contributed by atoms with Gasteiger partial charge in [-0.3, -0.25) is 4.79 Å². The number of ketones is 1. The molecule has 0 aliphatic heterocycles. The Kier molecular flexibility index (Phi) is 2.87. The molecule has 1 heterocycles. The van der Waals surface area contributed by atoms with Gasteiger partial charge in [0.05, 0.1) is 5.88 Å². The fraction of sp³-hybridized carbons (Fsp3) is 0.200. The number of carbonyl (C=O) groups is 1. The highest BCUT2D eigenvalue weighted by Gasteiger charge is 2.18. The number of oxazole rings is 1. The largest absolute Gasteiger partial charge is 0.434 e. The lowest BCUT2D eigenvalue weighted by molar-refractivity contribution is 0.0986. The van der Waals surface area contributed by atoms with Gasteiger partial charge in [-0.2, -0.15) is 0 Å². The molecule has 16 heavy (non-hydrogen) atoms. The van der Waals surface area contributed by atoms with Crippen LogP contribution in [0.4, 0.5) is 8.78 Å². The van der Waals surface area contributed by atoms with Crippen LogP contribution in [0.2, 0.25) is 0 Å². The average Bonchev–Trinajstić information content (AvgIpc) is 2.70. The van der Waals surface area contributed by atoms with Crippen LogP contribution in [0.5, 0.6) is 0 Å². The summed E-state index contributed by atoms with van der Waals surface area (Å²) in [7, 11) is 0. The predicted octanol–water partition coefficient (Wildman–Crippen LogP) is 3.19. The molecule has 1 aromatic carbocycles. The molecule has 0 amide bonds. The Hall–Kier alpha value is -1.49. The van der Waals surface area contributed by atoms with Gasteiger partial charge in [-0.05, 0) is 6.07 Å². The van der Waals surface area contributed by atoms with E-state index in [1.54, 1.807) is 0 Å². The molecule has 0 saturated heterocycles. The van der Waals surface area contributed by atoms with E-state index in [1.165, 1.54) is 18.2 Å². The number of Topliss-reactive ketones (excluding diaryl/α,β-unsaturated/α-hetero) is 1. The number of aromatic nitrogens is 1. The zero-order valence-corrected chi connectivity index (χ0v) is 8.67. The van der Waals surface area contributed by atoms with Crippen molar-refractivity contribution in [2.24, 2.45) is 0 Å². The van der Waals surface area contributed by atoms with Crippen LogP contribution in [0.15, 0.2) is 22.6 Å². The Labute approximate surface area is 94.0 Å². The molecule has 0 fully saturated rings. The van der Waals surface area contributed by atoms with Crippen LogP contribution < -0.4 is 0 Å². The third-order valence-electron chi connectivity index (χ3n) is 2.05. The zero-order chi connectivity index (χ0) is 11.7. The Morgan fingerprint density at radius 1 is 1.50 bits per heavy atom. The topological polar surface area (TPSA) is 43.1 Å². The zero-order valence-electron chi connectivity index (χ0n) is 7.91. The van der Waals surface area contributed by atoms with Crippen LogP contribution >= 0.6 is 11.6 Å². The van der Waals surface area contributed by atoms with Crippen molar-refractivity contribution < 1.29 is 18.0 Å². The van der Waals surface area contributed by atoms with Crippen molar-refractivity contribution in [3.05, 3.63) is 29.7 Å². The number of hydrogen-bond donors (Lipinski definition) is 0. The van der Waals surface area contributed by atoms with Gasteiger partial charge in [0, 0.05) is 5.56 Å². The molecule has 0 bridgehead atoms. The van der Waals surface area contributed by atoms with Crippen molar-refractivity contribution in [2.75, 3.05) is 5.88 Å². The quantitative estimate of drug-likeness (QED) is 0.616. The van der Waals surface area contributed by atoms with Crippen LogP contribution in [0.25, 0.3) is 11.1 Å². The number of fused-ring (bicyclic) bond motifs is 1. The minimum absolute atomic E-state index is 0.00552. The minimum atomic E-state index is -2.66. The maximum absolute atomic E-state index is 12.6.